The van der Waals surface area contributed by atoms with Crippen LogP contribution in [0.4, 0.5) is 4.39 Å². The number of halogens is 1. The Morgan fingerprint density at radius 1 is 1.04 bits per heavy atom. The first-order valence-electron chi connectivity index (χ1n) is 7.32. The van der Waals surface area contributed by atoms with Crippen LogP contribution in [0.15, 0.2) is 60.3 Å². The summed E-state index contributed by atoms with van der Waals surface area (Å²) in [6.45, 7) is 0. The molecule has 124 valence electrons. The average molecular weight is 327 g/mol. The van der Waals surface area contributed by atoms with E-state index in [-0.39, 0.29) is 17.9 Å². The van der Waals surface area contributed by atoms with E-state index in [1.165, 1.54) is 30.3 Å². The van der Waals surface area contributed by atoms with Gasteiger partial charge in [-0.3, -0.25) is 9.59 Å². The fourth-order valence-corrected chi connectivity index (χ4v) is 2.12. The number of hydrogen-bond donors (Lipinski definition) is 3. The molecule has 0 aliphatic rings. The number of primary amides is 1. The highest BCUT2D eigenvalue weighted by atomic mass is 19.1. The fourth-order valence-electron chi connectivity index (χ4n) is 2.12. The van der Waals surface area contributed by atoms with E-state index in [1.807, 2.05) is 30.3 Å². The van der Waals surface area contributed by atoms with Crippen LogP contribution >= 0.6 is 0 Å². The van der Waals surface area contributed by atoms with Crippen molar-refractivity contribution in [2.24, 2.45) is 11.5 Å². The standard InChI is InChI=1S/C18H18FN3O2/c19-14-8-6-13(7-9-14)10-15(20)18(24)22-16(17(21)23)11-12-4-2-1-3-5-12/h1-10,16H,11,20H2,(H2,21,23)(H,22,24)/b15-10+/t16-/m0/s1. The van der Waals surface area contributed by atoms with E-state index >= 15 is 0 Å². The van der Waals surface area contributed by atoms with Gasteiger partial charge in [-0.25, -0.2) is 4.39 Å². The molecule has 2 rings (SSSR count). The second kappa shape index (κ2) is 7.92. The summed E-state index contributed by atoms with van der Waals surface area (Å²) in [7, 11) is 0. The summed E-state index contributed by atoms with van der Waals surface area (Å²) >= 11 is 0. The van der Waals surface area contributed by atoms with Gasteiger partial charge in [0.05, 0.1) is 5.70 Å². The van der Waals surface area contributed by atoms with Crippen molar-refractivity contribution in [2.75, 3.05) is 0 Å². The Labute approximate surface area is 139 Å². The van der Waals surface area contributed by atoms with E-state index in [9.17, 15) is 14.0 Å². The number of nitrogens with two attached hydrogens (primary N) is 2. The van der Waals surface area contributed by atoms with Crippen molar-refractivity contribution in [3.63, 3.8) is 0 Å². The van der Waals surface area contributed by atoms with Gasteiger partial charge in [-0.1, -0.05) is 42.5 Å². The molecule has 5 N–H and O–H groups in total. The van der Waals surface area contributed by atoms with Crippen LogP contribution in [0.5, 0.6) is 0 Å². The summed E-state index contributed by atoms with van der Waals surface area (Å²) < 4.78 is 12.9. The van der Waals surface area contributed by atoms with Gasteiger partial charge in [-0.2, -0.15) is 0 Å². The molecule has 0 saturated carbocycles. The van der Waals surface area contributed by atoms with E-state index in [0.29, 0.717) is 5.56 Å². The highest BCUT2D eigenvalue weighted by Crippen LogP contribution is 2.07. The van der Waals surface area contributed by atoms with Crippen molar-refractivity contribution in [1.82, 2.24) is 5.32 Å². The molecule has 6 heteroatoms. The zero-order valence-corrected chi connectivity index (χ0v) is 12.9. The molecule has 0 saturated heterocycles. The Bertz CT molecular complexity index is 743. The smallest absolute Gasteiger partial charge is 0.267 e. The molecule has 0 aromatic heterocycles. The minimum atomic E-state index is -0.875. The van der Waals surface area contributed by atoms with Gasteiger partial charge in [-0.15, -0.1) is 0 Å². The summed E-state index contributed by atoms with van der Waals surface area (Å²) in [5, 5.41) is 2.52. The van der Waals surface area contributed by atoms with E-state index in [1.54, 1.807) is 0 Å². The SMILES string of the molecule is NC(=O)[C@H](Cc1ccccc1)NC(=O)/C(N)=C\c1ccc(F)cc1. The molecule has 0 bridgehead atoms. The molecule has 1 atom stereocenters. The van der Waals surface area contributed by atoms with Crippen molar-refractivity contribution >= 4 is 17.9 Å². The topological polar surface area (TPSA) is 98.2 Å². The molecule has 0 aliphatic heterocycles. The predicted octanol–water partition coefficient (Wildman–Crippen LogP) is 1.34. The number of benzene rings is 2. The summed E-state index contributed by atoms with van der Waals surface area (Å²) in [6, 6.07) is 13.8. The molecule has 0 aliphatic carbocycles. The van der Waals surface area contributed by atoms with Gasteiger partial charge in [0.1, 0.15) is 11.9 Å². The number of nitrogens with one attached hydrogen (secondary N) is 1. The van der Waals surface area contributed by atoms with Crippen molar-refractivity contribution in [3.8, 4) is 0 Å². The molecule has 2 aromatic rings. The van der Waals surface area contributed by atoms with Crippen LogP contribution in [0.25, 0.3) is 6.08 Å². The second-order valence-corrected chi connectivity index (χ2v) is 5.27. The first kappa shape index (κ1) is 17.2. The summed E-state index contributed by atoms with van der Waals surface area (Å²) in [5.74, 6) is -1.65. The number of amides is 2. The van der Waals surface area contributed by atoms with Gasteiger partial charge in [0, 0.05) is 6.42 Å². The third-order valence-electron chi connectivity index (χ3n) is 3.39. The van der Waals surface area contributed by atoms with Gasteiger partial charge in [0.25, 0.3) is 5.91 Å². The van der Waals surface area contributed by atoms with Crippen LogP contribution in [0.3, 0.4) is 0 Å². The fraction of sp³-hybridized carbons (Fsp3) is 0.111. The molecule has 0 heterocycles. The zero-order valence-electron chi connectivity index (χ0n) is 12.9. The minimum Gasteiger partial charge on any atom is -0.394 e. The molecule has 5 nitrogen and oxygen atoms in total. The molecular weight excluding hydrogens is 309 g/mol. The molecule has 0 radical (unpaired) electrons. The van der Waals surface area contributed by atoms with Crippen LogP contribution in [-0.4, -0.2) is 17.9 Å². The predicted molar refractivity (Wildman–Crippen MR) is 89.8 cm³/mol. The third-order valence-corrected chi connectivity index (χ3v) is 3.39. The van der Waals surface area contributed by atoms with Crippen LogP contribution in [0.1, 0.15) is 11.1 Å². The number of carbonyl (C=O) groups excluding carboxylic acids is 2. The monoisotopic (exact) mass is 327 g/mol. The molecular formula is C18H18FN3O2. The lowest BCUT2D eigenvalue weighted by molar-refractivity contribution is -0.125. The molecule has 0 spiro atoms. The van der Waals surface area contributed by atoms with Gasteiger partial charge < -0.3 is 16.8 Å². The third kappa shape index (κ3) is 4.95. The highest BCUT2D eigenvalue weighted by Gasteiger charge is 2.19. The summed E-state index contributed by atoms with van der Waals surface area (Å²) in [5.41, 5.74) is 12.4. The lowest BCUT2D eigenvalue weighted by atomic mass is 10.1. The molecule has 24 heavy (non-hydrogen) atoms. The van der Waals surface area contributed by atoms with Gasteiger partial charge >= 0.3 is 0 Å². The normalized spacial score (nSPS) is 12.5. The molecule has 0 fully saturated rings. The lowest BCUT2D eigenvalue weighted by Gasteiger charge is -2.15. The maximum absolute atomic E-state index is 12.9. The van der Waals surface area contributed by atoms with Crippen LogP contribution in [0.2, 0.25) is 0 Å². The maximum Gasteiger partial charge on any atom is 0.267 e. The first-order chi connectivity index (χ1) is 11.5. The summed E-state index contributed by atoms with van der Waals surface area (Å²) in [4.78, 5) is 23.7. The maximum atomic E-state index is 12.9. The number of rotatable bonds is 6. The first-order valence-corrected chi connectivity index (χ1v) is 7.32. The number of carbonyl (C=O) groups is 2. The van der Waals surface area contributed by atoms with Crippen molar-refractivity contribution < 1.29 is 14.0 Å². The molecule has 0 unspecified atom stereocenters. The Morgan fingerprint density at radius 2 is 1.67 bits per heavy atom. The van der Waals surface area contributed by atoms with Crippen LogP contribution in [-0.2, 0) is 16.0 Å². The van der Waals surface area contributed by atoms with Gasteiger partial charge in [-0.05, 0) is 29.3 Å². The summed E-state index contributed by atoms with van der Waals surface area (Å²) in [6.07, 6.45) is 1.67. The van der Waals surface area contributed by atoms with Gasteiger partial charge in [0.15, 0.2) is 0 Å². The van der Waals surface area contributed by atoms with E-state index in [0.717, 1.165) is 5.56 Å². The number of hydrogen-bond acceptors (Lipinski definition) is 3. The van der Waals surface area contributed by atoms with E-state index in [4.69, 9.17) is 11.5 Å². The van der Waals surface area contributed by atoms with Crippen LogP contribution in [0, 0.1) is 5.82 Å². The lowest BCUT2D eigenvalue weighted by Crippen LogP contribution is -2.47. The van der Waals surface area contributed by atoms with E-state index < -0.39 is 17.9 Å². The quantitative estimate of drug-likeness (QED) is 0.698. The second-order valence-electron chi connectivity index (χ2n) is 5.27. The van der Waals surface area contributed by atoms with Gasteiger partial charge in [0.2, 0.25) is 5.91 Å². The average Bonchev–Trinajstić information content (AvgIpc) is 2.57. The zero-order chi connectivity index (χ0) is 17.5. The Kier molecular flexibility index (Phi) is 5.68. The van der Waals surface area contributed by atoms with E-state index in [2.05, 4.69) is 5.32 Å². The molecule has 2 aromatic carbocycles. The Balaban J connectivity index is 2.06. The van der Waals surface area contributed by atoms with Crippen molar-refractivity contribution in [1.29, 1.82) is 0 Å². The molecule has 2 amide bonds. The minimum absolute atomic E-state index is 0.0964. The van der Waals surface area contributed by atoms with Crippen molar-refractivity contribution in [2.45, 2.75) is 12.5 Å². The largest absolute Gasteiger partial charge is 0.394 e. The van der Waals surface area contributed by atoms with Crippen molar-refractivity contribution in [3.05, 3.63) is 77.2 Å². The Morgan fingerprint density at radius 3 is 2.25 bits per heavy atom. The van der Waals surface area contributed by atoms with Crippen LogP contribution < -0.4 is 16.8 Å². The Hall–Kier alpha value is -3.15. The highest BCUT2D eigenvalue weighted by molar-refractivity contribution is 5.99.